The lowest BCUT2D eigenvalue weighted by atomic mass is 10.0. The Hall–Kier alpha value is -1.90. The number of alkyl halides is 3. The molecule has 0 bridgehead atoms. The third-order valence-electron chi connectivity index (χ3n) is 5.24. The summed E-state index contributed by atoms with van der Waals surface area (Å²) in [4.78, 5) is 28.2. The summed E-state index contributed by atoms with van der Waals surface area (Å²) < 4.78 is 39.4. The van der Waals surface area contributed by atoms with Crippen LogP contribution in [-0.2, 0) is 11.0 Å². The zero-order valence-electron chi connectivity index (χ0n) is 15.9. The molecule has 0 aliphatic carbocycles. The molecule has 3 amide bonds. The average Bonchev–Trinajstić information content (AvgIpc) is 3.04. The fourth-order valence-electron chi connectivity index (χ4n) is 3.74. The van der Waals surface area contributed by atoms with Gasteiger partial charge in [-0.05, 0) is 25.0 Å². The second kappa shape index (κ2) is 7.85. The zero-order chi connectivity index (χ0) is 20.5. The number of nitrogens with zero attached hydrogens (tertiary/aromatic N) is 2. The first-order valence-electron chi connectivity index (χ1n) is 9.32. The van der Waals surface area contributed by atoms with Crippen LogP contribution >= 0.6 is 11.8 Å². The van der Waals surface area contributed by atoms with Gasteiger partial charge in [-0.2, -0.15) is 13.2 Å². The van der Waals surface area contributed by atoms with Crippen LogP contribution < -0.4 is 5.32 Å². The van der Waals surface area contributed by atoms with Gasteiger partial charge in [0.05, 0.1) is 16.1 Å². The lowest BCUT2D eigenvalue weighted by molar-refractivity contribution is -0.138. The van der Waals surface area contributed by atoms with Crippen molar-refractivity contribution in [3.63, 3.8) is 0 Å². The molecule has 1 aromatic carbocycles. The molecule has 2 aliphatic heterocycles. The fraction of sp³-hybridized carbons (Fsp3) is 0.579. The second-order valence-electron chi connectivity index (χ2n) is 7.40. The van der Waals surface area contributed by atoms with Crippen molar-refractivity contribution in [3.05, 3.63) is 29.8 Å². The lowest BCUT2D eigenvalue weighted by Gasteiger charge is -2.44. The van der Waals surface area contributed by atoms with E-state index in [9.17, 15) is 22.8 Å². The molecular formula is C19H24F3N3O2S. The van der Waals surface area contributed by atoms with Crippen LogP contribution in [0.15, 0.2) is 24.3 Å². The minimum absolute atomic E-state index is 0.0872. The number of amides is 3. The molecule has 1 aromatic rings. The highest BCUT2D eigenvalue weighted by Gasteiger charge is 2.47. The molecule has 2 aliphatic rings. The number of rotatable bonds is 2. The van der Waals surface area contributed by atoms with E-state index in [1.165, 1.54) is 23.1 Å². The van der Waals surface area contributed by atoms with Gasteiger partial charge in [0.1, 0.15) is 0 Å². The van der Waals surface area contributed by atoms with E-state index in [-0.39, 0.29) is 22.4 Å². The molecule has 5 nitrogen and oxygen atoms in total. The van der Waals surface area contributed by atoms with Gasteiger partial charge in [-0.25, -0.2) is 4.79 Å². The van der Waals surface area contributed by atoms with Crippen molar-refractivity contribution < 1.29 is 22.8 Å². The molecule has 0 aromatic heterocycles. The summed E-state index contributed by atoms with van der Waals surface area (Å²) in [6, 6.07) is 4.41. The topological polar surface area (TPSA) is 52.7 Å². The molecule has 1 N–H and O–H groups in total. The monoisotopic (exact) mass is 415 g/mol. The summed E-state index contributed by atoms with van der Waals surface area (Å²) in [6.07, 6.45) is -3.30. The molecule has 2 saturated heterocycles. The number of para-hydroxylation sites is 1. The van der Waals surface area contributed by atoms with Crippen molar-refractivity contribution in [1.29, 1.82) is 0 Å². The van der Waals surface area contributed by atoms with Gasteiger partial charge in [0.25, 0.3) is 0 Å². The number of nitrogens with one attached hydrogen (secondary N) is 1. The van der Waals surface area contributed by atoms with Crippen molar-refractivity contribution >= 4 is 29.4 Å². The molecule has 3 rings (SSSR count). The summed E-state index contributed by atoms with van der Waals surface area (Å²) in [6.45, 7) is 5.25. The third-order valence-corrected chi connectivity index (χ3v) is 6.80. The number of piperidine rings is 1. The predicted molar refractivity (Wildman–Crippen MR) is 103 cm³/mol. The van der Waals surface area contributed by atoms with Gasteiger partial charge >= 0.3 is 12.2 Å². The minimum atomic E-state index is -4.53. The standard InChI is InChI=1S/C19H24F3N3O2S/c1-13(2)16(26)25-11-12-28-18(25)7-9-24(10-8-18)17(27)23-15-6-4-3-5-14(15)19(20,21)22/h3-6,13H,7-12H2,1-2H3,(H,23,27). The van der Waals surface area contributed by atoms with E-state index in [4.69, 9.17) is 0 Å². The Balaban J connectivity index is 1.66. The first-order chi connectivity index (χ1) is 13.1. The lowest BCUT2D eigenvalue weighted by Crippen LogP contribution is -2.55. The summed E-state index contributed by atoms with van der Waals surface area (Å²) in [7, 11) is 0. The summed E-state index contributed by atoms with van der Waals surface area (Å²) >= 11 is 1.74. The number of anilines is 1. The van der Waals surface area contributed by atoms with Gasteiger partial charge in [0.15, 0.2) is 0 Å². The summed E-state index contributed by atoms with van der Waals surface area (Å²) in [5.41, 5.74) is -1.11. The van der Waals surface area contributed by atoms with Crippen LogP contribution in [-0.4, -0.2) is 52.0 Å². The number of halogens is 3. The quantitative estimate of drug-likeness (QED) is 0.785. The molecule has 28 heavy (non-hydrogen) atoms. The van der Waals surface area contributed by atoms with Crippen LogP contribution in [0.4, 0.5) is 23.7 Å². The van der Waals surface area contributed by atoms with Gasteiger partial charge in [0.2, 0.25) is 5.91 Å². The number of hydrogen-bond donors (Lipinski definition) is 1. The smallest absolute Gasteiger partial charge is 0.327 e. The molecule has 0 unspecified atom stereocenters. The summed E-state index contributed by atoms with van der Waals surface area (Å²) in [5, 5.41) is 2.40. The van der Waals surface area contributed by atoms with E-state index in [0.29, 0.717) is 32.5 Å². The van der Waals surface area contributed by atoms with Gasteiger partial charge in [0, 0.05) is 31.3 Å². The van der Waals surface area contributed by atoms with Crippen LogP contribution in [0.25, 0.3) is 0 Å². The van der Waals surface area contributed by atoms with Crippen molar-refractivity contribution in [2.75, 3.05) is 30.7 Å². The largest absolute Gasteiger partial charge is 0.418 e. The van der Waals surface area contributed by atoms with Crippen LogP contribution in [0.5, 0.6) is 0 Å². The minimum Gasteiger partial charge on any atom is -0.327 e. The van der Waals surface area contributed by atoms with Crippen molar-refractivity contribution in [2.24, 2.45) is 5.92 Å². The normalized spacial score (nSPS) is 19.4. The zero-order valence-corrected chi connectivity index (χ0v) is 16.7. The van der Waals surface area contributed by atoms with Gasteiger partial charge in [-0.1, -0.05) is 26.0 Å². The number of likely N-dealkylation sites (tertiary alicyclic amines) is 1. The SMILES string of the molecule is CC(C)C(=O)N1CCSC12CCN(C(=O)Nc1ccccc1C(F)(F)F)CC2. The average molecular weight is 415 g/mol. The molecule has 9 heteroatoms. The Labute approximate surface area is 166 Å². The third kappa shape index (κ3) is 4.09. The van der Waals surface area contributed by atoms with Gasteiger partial charge < -0.3 is 15.1 Å². The number of benzene rings is 1. The first-order valence-corrected chi connectivity index (χ1v) is 10.3. The highest BCUT2D eigenvalue weighted by Crippen LogP contribution is 2.44. The van der Waals surface area contributed by atoms with Crippen molar-refractivity contribution in [3.8, 4) is 0 Å². The van der Waals surface area contributed by atoms with Crippen molar-refractivity contribution in [2.45, 2.75) is 37.7 Å². The van der Waals surface area contributed by atoms with E-state index >= 15 is 0 Å². The van der Waals surface area contributed by atoms with E-state index < -0.39 is 17.8 Å². The number of carbonyl (C=O) groups excluding carboxylic acids is 2. The van der Waals surface area contributed by atoms with E-state index in [1.54, 1.807) is 11.8 Å². The highest BCUT2D eigenvalue weighted by molar-refractivity contribution is 8.00. The summed E-state index contributed by atoms with van der Waals surface area (Å²) in [5.74, 6) is 0.890. The Morgan fingerprint density at radius 1 is 1.14 bits per heavy atom. The molecular weight excluding hydrogens is 391 g/mol. The van der Waals surface area contributed by atoms with E-state index in [0.717, 1.165) is 11.8 Å². The van der Waals surface area contributed by atoms with Crippen molar-refractivity contribution in [1.82, 2.24) is 9.80 Å². The molecule has 2 fully saturated rings. The molecule has 2 heterocycles. The Bertz CT molecular complexity index is 746. The number of hydrogen-bond acceptors (Lipinski definition) is 3. The molecule has 154 valence electrons. The highest BCUT2D eigenvalue weighted by atomic mass is 32.2. The number of carbonyl (C=O) groups is 2. The maximum Gasteiger partial charge on any atom is 0.418 e. The fourth-order valence-corrected chi connectivity index (χ4v) is 5.20. The first kappa shape index (κ1) is 20.8. The Kier molecular flexibility index (Phi) is 5.84. The Morgan fingerprint density at radius 2 is 1.79 bits per heavy atom. The molecule has 0 atom stereocenters. The van der Waals surface area contributed by atoms with Gasteiger partial charge in [-0.3, -0.25) is 4.79 Å². The predicted octanol–water partition coefficient (Wildman–Crippen LogP) is 4.26. The van der Waals surface area contributed by atoms with Crippen LogP contribution in [0, 0.1) is 5.92 Å². The van der Waals surface area contributed by atoms with Crippen LogP contribution in [0.3, 0.4) is 0 Å². The van der Waals surface area contributed by atoms with Gasteiger partial charge in [-0.15, -0.1) is 11.8 Å². The Morgan fingerprint density at radius 3 is 2.39 bits per heavy atom. The maximum absolute atomic E-state index is 13.1. The molecule has 0 saturated carbocycles. The van der Waals surface area contributed by atoms with E-state index in [1.807, 2.05) is 18.7 Å². The maximum atomic E-state index is 13.1. The molecule has 1 spiro atoms. The molecule has 0 radical (unpaired) electrons. The number of urea groups is 1. The van der Waals surface area contributed by atoms with E-state index in [2.05, 4.69) is 5.32 Å². The van der Waals surface area contributed by atoms with Crippen LogP contribution in [0.1, 0.15) is 32.3 Å². The van der Waals surface area contributed by atoms with Crippen LogP contribution in [0.2, 0.25) is 0 Å². The second-order valence-corrected chi connectivity index (χ2v) is 8.86. The number of thioether (sulfide) groups is 1.